The van der Waals surface area contributed by atoms with Crippen LogP contribution in [0.3, 0.4) is 0 Å². The number of hydrogen-bond acceptors (Lipinski definition) is 6. The SMILES string of the molecule is CCOC(=O)c1c([N+](=O)[O-])cnc(C#N)c1C(F)F. The van der Waals surface area contributed by atoms with Crippen molar-refractivity contribution in [3.8, 4) is 6.07 Å². The highest BCUT2D eigenvalue weighted by Crippen LogP contribution is 2.31. The monoisotopic (exact) mass is 271 g/mol. The third-order valence-corrected chi connectivity index (χ3v) is 2.10. The van der Waals surface area contributed by atoms with Gasteiger partial charge in [0.05, 0.1) is 17.1 Å². The van der Waals surface area contributed by atoms with Gasteiger partial charge in [-0.1, -0.05) is 0 Å². The van der Waals surface area contributed by atoms with Crippen LogP contribution < -0.4 is 0 Å². The van der Waals surface area contributed by atoms with Gasteiger partial charge in [-0.3, -0.25) is 10.1 Å². The molecule has 0 saturated carbocycles. The van der Waals surface area contributed by atoms with Gasteiger partial charge in [-0.25, -0.2) is 18.6 Å². The molecule has 0 fully saturated rings. The molecule has 0 radical (unpaired) electrons. The van der Waals surface area contributed by atoms with Crippen LogP contribution in [0.15, 0.2) is 6.20 Å². The van der Waals surface area contributed by atoms with Gasteiger partial charge in [0.15, 0.2) is 11.3 Å². The maximum atomic E-state index is 12.9. The second-order valence-corrected chi connectivity index (χ2v) is 3.17. The maximum absolute atomic E-state index is 12.9. The number of pyridine rings is 1. The van der Waals surface area contributed by atoms with Crippen LogP contribution in [0, 0.1) is 21.4 Å². The van der Waals surface area contributed by atoms with Crippen molar-refractivity contribution in [3.05, 3.63) is 33.1 Å². The number of halogens is 2. The average Bonchev–Trinajstić information content (AvgIpc) is 2.36. The maximum Gasteiger partial charge on any atom is 0.345 e. The average molecular weight is 271 g/mol. The molecule has 7 nitrogen and oxygen atoms in total. The minimum atomic E-state index is -3.26. The molecular weight excluding hydrogens is 264 g/mol. The number of aromatic nitrogens is 1. The van der Waals surface area contributed by atoms with Crippen molar-refractivity contribution < 1.29 is 23.2 Å². The summed E-state index contributed by atoms with van der Waals surface area (Å²) in [6.07, 6.45) is -2.68. The molecule has 0 spiro atoms. The minimum absolute atomic E-state index is 0.150. The van der Waals surface area contributed by atoms with E-state index >= 15 is 0 Å². The van der Waals surface area contributed by atoms with E-state index in [-0.39, 0.29) is 6.61 Å². The molecule has 1 aromatic heterocycles. The predicted molar refractivity (Wildman–Crippen MR) is 56.5 cm³/mol. The fraction of sp³-hybridized carbons (Fsp3) is 0.300. The molecule has 0 aliphatic rings. The quantitative estimate of drug-likeness (QED) is 0.470. The molecule has 1 rings (SSSR count). The second-order valence-electron chi connectivity index (χ2n) is 3.17. The zero-order valence-corrected chi connectivity index (χ0v) is 9.59. The molecule has 100 valence electrons. The Morgan fingerprint density at radius 1 is 1.68 bits per heavy atom. The molecule has 19 heavy (non-hydrogen) atoms. The molecule has 0 atom stereocenters. The summed E-state index contributed by atoms with van der Waals surface area (Å²) in [6, 6.07) is 1.36. The van der Waals surface area contributed by atoms with E-state index < -0.39 is 39.8 Å². The molecule has 0 aliphatic heterocycles. The van der Waals surface area contributed by atoms with E-state index in [2.05, 4.69) is 9.72 Å². The molecule has 0 N–H and O–H groups in total. The first-order chi connectivity index (χ1) is 8.93. The lowest BCUT2D eigenvalue weighted by Crippen LogP contribution is -2.14. The van der Waals surface area contributed by atoms with E-state index in [4.69, 9.17) is 5.26 Å². The lowest BCUT2D eigenvalue weighted by Gasteiger charge is -2.09. The molecule has 0 bridgehead atoms. The fourth-order valence-electron chi connectivity index (χ4n) is 1.37. The van der Waals surface area contributed by atoms with E-state index in [0.29, 0.717) is 6.20 Å². The van der Waals surface area contributed by atoms with E-state index in [9.17, 15) is 23.7 Å². The molecule has 0 aromatic carbocycles. The number of hydrogen-bond donors (Lipinski definition) is 0. The smallest absolute Gasteiger partial charge is 0.345 e. The summed E-state index contributed by atoms with van der Waals surface area (Å²) < 4.78 is 30.3. The summed E-state index contributed by atoms with van der Waals surface area (Å²) >= 11 is 0. The molecule has 1 heterocycles. The Morgan fingerprint density at radius 3 is 2.74 bits per heavy atom. The summed E-state index contributed by atoms with van der Waals surface area (Å²) in [6.45, 7) is 1.26. The van der Waals surface area contributed by atoms with Gasteiger partial charge in [-0.2, -0.15) is 5.26 Å². The normalized spacial score (nSPS) is 10.1. The Morgan fingerprint density at radius 2 is 2.32 bits per heavy atom. The Bertz CT molecular complexity index is 569. The molecule has 1 aromatic rings. The van der Waals surface area contributed by atoms with Crippen molar-refractivity contribution in [2.45, 2.75) is 13.3 Å². The Kier molecular flexibility index (Phi) is 4.41. The van der Waals surface area contributed by atoms with Crippen LogP contribution in [-0.4, -0.2) is 22.5 Å². The van der Waals surface area contributed by atoms with E-state index in [0.717, 1.165) is 0 Å². The zero-order chi connectivity index (χ0) is 14.6. The summed E-state index contributed by atoms with van der Waals surface area (Å²) in [4.78, 5) is 24.5. The molecule has 0 amide bonds. The minimum Gasteiger partial charge on any atom is -0.462 e. The van der Waals surface area contributed by atoms with Crippen LogP contribution in [0.5, 0.6) is 0 Å². The van der Waals surface area contributed by atoms with Crippen LogP contribution in [0.25, 0.3) is 0 Å². The number of rotatable bonds is 4. The highest BCUT2D eigenvalue weighted by atomic mass is 19.3. The Labute approximate surface area is 105 Å². The first-order valence-electron chi connectivity index (χ1n) is 4.96. The van der Waals surface area contributed by atoms with Gasteiger partial charge in [0.25, 0.3) is 6.43 Å². The lowest BCUT2D eigenvalue weighted by atomic mass is 10.1. The van der Waals surface area contributed by atoms with Gasteiger partial charge in [0, 0.05) is 0 Å². The van der Waals surface area contributed by atoms with E-state index in [1.54, 1.807) is 0 Å². The lowest BCUT2D eigenvalue weighted by molar-refractivity contribution is -0.385. The zero-order valence-electron chi connectivity index (χ0n) is 9.59. The first kappa shape index (κ1) is 14.4. The number of carbonyl (C=O) groups is 1. The summed E-state index contributed by atoms with van der Waals surface area (Å²) in [5, 5.41) is 19.4. The topological polar surface area (TPSA) is 106 Å². The van der Waals surface area contributed by atoms with Gasteiger partial charge in [0.2, 0.25) is 0 Å². The molecule has 0 saturated heterocycles. The highest BCUT2D eigenvalue weighted by Gasteiger charge is 2.33. The van der Waals surface area contributed by atoms with Gasteiger partial charge in [-0.05, 0) is 6.92 Å². The predicted octanol–water partition coefficient (Wildman–Crippen LogP) is 1.98. The molecule has 9 heteroatoms. The van der Waals surface area contributed by atoms with Gasteiger partial charge < -0.3 is 4.74 Å². The third kappa shape index (κ3) is 2.79. The van der Waals surface area contributed by atoms with Crippen molar-refractivity contribution in [3.63, 3.8) is 0 Å². The Balaban J connectivity index is 3.64. The van der Waals surface area contributed by atoms with Crippen LogP contribution in [-0.2, 0) is 4.74 Å². The fourth-order valence-corrected chi connectivity index (χ4v) is 1.37. The van der Waals surface area contributed by atoms with Crippen molar-refractivity contribution in [2.24, 2.45) is 0 Å². The van der Waals surface area contributed by atoms with Gasteiger partial charge >= 0.3 is 11.7 Å². The van der Waals surface area contributed by atoms with E-state index in [1.807, 2.05) is 0 Å². The number of nitro groups is 1. The van der Waals surface area contributed by atoms with Crippen LogP contribution in [0.1, 0.15) is 35.0 Å². The summed E-state index contributed by atoms with van der Waals surface area (Å²) in [7, 11) is 0. The van der Waals surface area contributed by atoms with Crippen LogP contribution >= 0.6 is 0 Å². The molecule has 0 unspecified atom stereocenters. The number of carbonyl (C=O) groups excluding carboxylic acids is 1. The van der Waals surface area contributed by atoms with Crippen molar-refractivity contribution in [1.29, 1.82) is 5.26 Å². The summed E-state index contributed by atoms with van der Waals surface area (Å²) in [5.74, 6) is -1.29. The summed E-state index contributed by atoms with van der Waals surface area (Å²) in [5.41, 5.74) is -3.69. The number of ether oxygens (including phenoxy) is 1. The van der Waals surface area contributed by atoms with Gasteiger partial charge in [-0.15, -0.1) is 0 Å². The standard InChI is InChI=1S/C10H7F2N3O4/c1-2-19-10(16)8-6(15(17)18)4-14-5(3-13)7(8)9(11)12/h4,9H,2H2,1H3. The third-order valence-electron chi connectivity index (χ3n) is 2.10. The van der Waals surface area contributed by atoms with Crippen LogP contribution in [0.2, 0.25) is 0 Å². The van der Waals surface area contributed by atoms with E-state index in [1.165, 1.54) is 13.0 Å². The number of nitrogens with zero attached hydrogens (tertiary/aromatic N) is 3. The van der Waals surface area contributed by atoms with Crippen LogP contribution in [0.4, 0.5) is 14.5 Å². The Hall–Kier alpha value is -2.63. The largest absolute Gasteiger partial charge is 0.462 e. The molecular formula is C10H7F2N3O4. The van der Waals surface area contributed by atoms with Crippen molar-refractivity contribution in [2.75, 3.05) is 6.61 Å². The first-order valence-corrected chi connectivity index (χ1v) is 4.96. The number of nitriles is 1. The second kappa shape index (κ2) is 5.81. The van der Waals surface area contributed by atoms with Gasteiger partial charge in [0.1, 0.15) is 12.3 Å². The molecule has 0 aliphatic carbocycles. The highest BCUT2D eigenvalue weighted by molar-refractivity contribution is 5.96. The van der Waals surface area contributed by atoms with Crippen molar-refractivity contribution in [1.82, 2.24) is 4.98 Å². The number of alkyl halides is 2. The number of esters is 1. The van der Waals surface area contributed by atoms with Crippen molar-refractivity contribution >= 4 is 11.7 Å².